The van der Waals surface area contributed by atoms with Crippen LogP contribution in [0.4, 0.5) is 27.7 Å². The van der Waals surface area contributed by atoms with E-state index in [0.29, 0.717) is 13.1 Å². The van der Waals surface area contributed by atoms with E-state index in [4.69, 9.17) is 10.7 Å². The predicted octanol–water partition coefficient (Wildman–Crippen LogP) is 1.62. The van der Waals surface area contributed by atoms with Crippen LogP contribution >= 0.6 is 0 Å². The van der Waals surface area contributed by atoms with Crippen LogP contribution in [0.2, 0.25) is 0 Å². The monoisotopic (exact) mass is 428 g/mol. The van der Waals surface area contributed by atoms with Crippen LogP contribution in [0.1, 0.15) is 0 Å². The molecule has 0 radical (unpaired) electrons. The smallest absolute Gasteiger partial charge is 0.319 e. The van der Waals surface area contributed by atoms with E-state index in [2.05, 4.69) is 20.8 Å². The molecule has 1 aromatic carbocycles. The molecule has 2 amide bonds. The Hall–Kier alpha value is -2.65. The van der Waals surface area contributed by atoms with Gasteiger partial charge in [-0.2, -0.15) is 0 Å². The summed E-state index contributed by atoms with van der Waals surface area (Å²) in [6.45, 7) is 5.90. The third-order valence-electron chi connectivity index (χ3n) is 5.72. The number of carbonyl (C=O) groups excluding carboxylic acids is 1. The van der Waals surface area contributed by atoms with Gasteiger partial charge in [-0.05, 0) is 24.3 Å². The van der Waals surface area contributed by atoms with E-state index in [1.165, 1.54) is 0 Å². The zero-order valence-electron chi connectivity index (χ0n) is 17.2. The lowest BCUT2D eigenvalue weighted by Gasteiger charge is -2.37. The third-order valence-corrected chi connectivity index (χ3v) is 6.48. The largest absolute Gasteiger partial charge is 0.368 e. The number of urea groups is 1. The second kappa shape index (κ2) is 9.01. The number of primary amides is 1. The van der Waals surface area contributed by atoms with Crippen molar-refractivity contribution in [2.24, 2.45) is 5.73 Å². The van der Waals surface area contributed by atoms with Crippen molar-refractivity contribution >= 4 is 39.7 Å². The van der Waals surface area contributed by atoms with Gasteiger partial charge in [0.1, 0.15) is 5.82 Å². The quantitative estimate of drug-likeness (QED) is 0.779. The van der Waals surface area contributed by atoms with Crippen molar-refractivity contribution in [3.8, 4) is 0 Å². The highest BCUT2D eigenvalue weighted by atomic mass is 32.2. The first kappa shape index (κ1) is 20.6. The molecule has 1 atom stereocenters. The van der Waals surface area contributed by atoms with Gasteiger partial charge in [-0.25, -0.2) is 9.78 Å². The summed E-state index contributed by atoms with van der Waals surface area (Å²) < 4.78 is 11.3. The lowest BCUT2D eigenvalue weighted by Crippen LogP contribution is -2.47. The molecule has 0 spiro atoms. The molecule has 1 aromatic heterocycles. The number of anilines is 4. The number of hydrogen-bond donors (Lipinski definition) is 1. The van der Waals surface area contributed by atoms with Crippen molar-refractivity contribution in [1.29, 1.82) is 0 Å². The molecular weight excluding hydrogens is 400 g/mol. The van der Waals surface area contributed by atoms with E-state index >= 15 is 0 Å². The van der Waals surface area contributed by atoms with Gasteiger partial charge in [0, 0.05) is 68.6 Å². The van der Waals surface area contributed by atoms with Crippen molar-refractivity contribution in [1.82, 2.24) is 9.88 Å². The highest BCUT2D eigenvalue weighted by Gasteiger charge is 2.27. The number of rotatable bonds is 5. The number of amides is 2. The molecule has 2 aliphatic rings. The van der Waals surface area contributed by atoms with E-state index in [9.17, 15) is 9.00 Å². The molecule has 1 fully saturated rings. The first-order chi connectivity index (χ1) is 14.5. The van der Waals surface area contributed by atoms with Gasteiger partial charge in [0.2, 0.25) is 0 Å². The molecule has 1 saturated heterocycles. The number of pyridine rings is 1. The summed E-state index contributed by atoms with van der Waals surface area (Å²) >= 11 is 0. The number of fused-ring (bicyclic) bond motifs is 1. The number of nitrogens with zero attached hydrogens (tertiary/aromatic N) is 5. The summed E-state index contributed by atoms with van der Waals surface area (Å²) in [6, 6.07) is 11.5. The van der Waals surface area contributed by atoms with Crippen LogP contribution in [0.25, 0.3) is 0 Å². The minimum absolute atomic E-state index is 0.435. The average molecular weight is 429 g/mol. The van der Waals surface area contributed by atoms with Crippen molar-refractivity contribution in [2.45, 2.75) is 0 Å². The van der Waals surface area contributed by atoms with Gasteiger partial charge >= 0.3 is 6.03 Å². The fourth-order valence-electron chi connectivity index (χ4n) is 4.04. The molecule has 0 aliphatic carbocycles. The van der Waals surface area contributed by atoms with Gasteiger partial charge in [0.25, 0.3) is 0 Å². The Morgan fingerprint density at radius 3 is 2.40 bits per heavy atom. The lowest BCUT2D eigenvalue weighted by molar-refractivity contribution is 0.254. The number of carbonyl (C=O) groups is 1. The number of hydrogen-bond acceptors (Lipinski definition) is 6. The van der Waals surface area contributed by atoms with E-state index in [1.807, 2.05) is 36.5 Å². The normalized spacial score (nSPS) is 18.2. The van der Waals surface area contributed by atoms with E-state index in [1.54, 1.807) is 11.2 Å². The van der Waals surface area contributed by atoms with Crippen LogP contribution < -0.4 is 20.4 Å². The molecule has 2 aliphatic heterocycles. The van der Waals surface area contributed by atoms with E-state index in [-0.39, 0.29) is 0 Å². The minimum atomic E-state index is -0.737. The molecule has 3 heterocycles. The number of nitrogens with two attached hydrogens (primary N) is 1. The number of aromatic nitrogens is 1. The fourth-order valence-corrected chi connectivity index (χ4v) is 4.56. The Balaban J connectivity index is 1.44. The predicted molar refractivity (Wildman–Crippen MR) is 122 cm³/mol. The summed E-state index contributed by atoms with van der Waals surface area (Å²) in [6.07, 6.45) is 3.69. The molecule has 30 heavy (non-hydrogen) atoms. The Kier molecular flexibility index (Phi) is 6.19. The Labute approximate surface area is 179 Å². The minimum Gasteiger partial charge on any atom is -0.368 e. The standard InChI is InChI=1S/C21H28N6O2S/c1-30(29)15-14-24-8-10-25(11-9-24)17-6-7-20(23-16-17)26-12-13-27(21(22)28)19-5-3-2-4-18(19)26/h2-7,16H,8-15H2,1H3,(H2,22,28). The Morgan fingerprint density at radius 1 is 1.03 bits per heavy atom. The molecule has 8 nitrogen and oxygen atoms in total. The third kappa shape index (κ3) is 4.41. The van der Waals surface area contributed by atoms with Crippen molar-refractivity contribution in [2.75, 3.05) is 72.5 Å². The molecule has 160 valence electrons. The average Bonchev–Trinajstić information content (AvgIpc) is 2.77. The fraction of sp³-hybridized carbons (Fsp3) is 0.429. The van der Waals surface area contributed by atoms with Crippen LogP contribution in [0, 0.1) is 0 Å². The maximum Gasteiger partial charge on any atom is 0.319 e. The van der Waals surface area contributed by atoms with Crippen LogP contribution in [0.3, 0.4) is 0 Å². The summed E-state index contributed by atoms with van der Waals surface area (Å²) in [5, 5.41) is 0. The Morgan fingerprint density at radius 2 is 1.77 bits per heavy atom. The first-order valence-electron chi connectivity index (χ1n) is 10.2. The zero-order chi connectivity index (χ0) is 21.1. The summed E-state index contributed by atoms with van der Waals surface area (Å²) in [5.41, 5.74) is 8.40. The molecule has 2 aromatic rings. The van der Waals surface area contributed by atoms with Crippen LogP contribution in [-0.4, -0.2) is 77.9 Å². The van der Waals surface area contributed by atoms with E-state index in [0.717, 1.165) is 61.4 Å². The van der Waals surface area contributed by atoms with Gasteiger partial charge in [-0.15, -0.1) is 0 Å². The number of piperazine rings is 1. The zero-order valence-corrected chi connectivity index (χ0v) is 18.1. The summed E-state index contributed by atoms with van der Waals surface area (Å²) in [7, 11) is -0.737. The highest BCUT2D eigenvalue weighted by Crippen LogP contribution is 2.36. The first-order valence-corrected chi connectivity index (χ1v) is 11.9. The molecule has 9 heteroatoms. The number of benzene rings is 1. The van der Waals surface area contributed by atoms with Crippen LogP contribution in [0.15, 0.2) is 42.6 Å². The second-order valence-electron chi connectivity index (χ2n) is 7.61. The van der Waals surface area contributed by atoms with Crippen molar-refractivity contribution < 1.29 is 9.00 Å². The van der Waals surface area contributed by atoms with Gasteiger partial charge in [0.15, 0.2) is 0 Å². The number of para-hydroxylation sites is 2. The lowest BCUT2D eigenvalue weighted by atomic mass is 10.1. The van der Waals surface area contributed by atoms with Gasteiger partial charge < -0.3 is 15.5 Å². The highest BCUT2D eigenvalue weighted by molar-refractivity contribution is 7.84. The van der Waals surface area contributed by atoms with Gasteiger partial charge in [-0.1, -0.05) is 12.1 Å². The van der Waals surface area contributed by atoms with Crippen molar-refractivity contribution in [3.63, 3.8) is 0 Å². The maximum atomic E-state index is 11.8. The van der Waals surface area contributed by atoms with Crippen molar-refractivity contribution in [3.05, 3.63) is 42.6 Å². The molecule has 0 bridgehead atoms. The molecule has 4 rings (SSSR count). The second-order valence-corrected chi connectivity index (χ2v) is 9.17. The van der Waals surface area contributed by atoms with Gasteiger partial charge in [0.05, 0.1) is 23.3 Å². The van der Waals surface area contributed by atoms with E-state index < -0.39 is 16.8 Å². The maximum absolute atomic E-state index is 11.8. The molecule has 0 saturated carbocycles. The molecule has 2 N–H and O–H groups in total. The molecule has 1 unspecified atom stereocenters. The Bertz CT molecular complexity index is 914. The SMILES string of the molecule is CS(=O)CCN1CCN(c2ccc(N3CCN(C(N)=O)c4ccccc43)nc2)CC1. The van der Waals surface area contributed by atoms with Crippen LogP contribution in [0.5, 0.6) is 0 Å². The topological polar surface area (TPSA) is 86.0 Å². The molecular formula is C21H28N6O2S. The van der Waals surface area contributed by atoms with Gasteiger partial charge in [-0.3, -0.25) is 14.0 Å². The summed E-state index contributed by atoms with van der Waals surface area (Å²) in [5.74, 6) is 1.60. The van der Waals surface area contributed by atoms with Crippen LogP contribution in [-0.2, 0) is 10.8 Å². The summed E-state index contributed by atoms with van der Waals surface area (Å²) in [4.78, 5) is 24.9.